The van der Waals surface area contributed by atoms with Crippen LogP contribution >= 0.6 is 0 Å². The van der Waals surface area contributed by atoms with Gasteiger partial charge in [-0.05, 0) is 74.8 Å². The Labute approximate surface area is 115 Å². The molecule has 1 aromatic heterocycles. The molecule has 0 saturated heterocycles. The minimum Gasteiger partial charge on any atom is -0.253 e. The molecule has 19 heavy (non-hydrogen) atoms. The van der Waals surface area contributed by atoms with Gasteiger partial charge in [-0.1, -0.05) is 18.2 Å². The van der Waals surface area contributed by atoms with Crippen LogP contribution in [0.4, 0.5) is 0 Å². The Morgan fingerprint density at radius 1 is 1.05 bits per heavy atom. The van der Waals surface area contributed by atoms with Gasteiger partial charge in [0.15, 0.2) is 0 Å². The summed E-state index contributed by atoms with van der Waals surface area (Å²) < 4.78 is 0. The van der Waals surface area contributed by atoms with Crippen LogP contribution in [0.2, 0.25) is 0 Å². The van der Waals surface area contributed by atoms with Crippen LogP contribution in [0.3, 0.4) is 0 Å². The van der Waals surface area contributed by atoms with E-state index in [1.54, 1.807) is 0 Å². The van der Waals surface area contributed by atoms with Crippen molar-refractivity contribution >= 4 is 10.9 Å². The molecule has 0 spiro atoms. The monoisotopic (exact) mass is 251 g/mol. The maximum Gasteiger partial charge on any atom is 0.0710 e. The van der Waals surface area contributed by atoms with Crippen LogP contribution in [0.15, 0.2) is 30.4 Å². The topological polar surface area (TPSA) is 12.9 Å². The molecule has 1 aromatic carbocycles. The number of hydrogen-bond donors (Lipinski definition) is 0. The highest BCUT2D eigenvalue weighted by Gasteiger charge is 2.16. The van der Waals surface area contributed by atoms with E-state index in [1.165, 1.54) is 47.0 Å². The Kier molecular flexibility index (Phi) is 3.14. The summed E-state index contributed by atoms with van der Waals surface area (Å²) >= 11 is 0. The lowest BCUT2D eigenvalue weighted by molar-refractivity contribution is 0.612. The Hall–Kier alpha value is -1.63. The van der Waals surface area contributed by atoms with Crippen molar-refractivity contribution in [1.82, 2.24) is 4.98 Å². The van der Waals surface area contributed by atoms with Crippen molar-refractivity contribution in [2.24, 2.45) is 0 Å². The SMILES string of the molecule is Cc1cc(C)c2cc(C3CC=CCC3)c(C)nc2c1. The van der Waals surface area contributed by atoms with E-state index in [0.29, 0.717) is 5.92 Å². The molecule has 1 heteroatoms. The van der Waals surface area contributed by atoms with Crippen molar-refractivity contribution in [2.45, 2.75) is 46.0 Å². The van der Waals surface area contributed by atoms with E-state index in [2.05, 4.69) is 51.1 Å². The predicted molar refractivity (Wildman–Crippen MR) is 81.7 cm³/mol. The molecule has 1 aliphatic carbocycles. The van der Waals surface area contributed by atoms with Crippen molar-refractivity contribution in [3.8, 4) is 0 Å². The molecule has 0 fully saturated rings. The van der Waals surface area contributed by atoms with Crippen LogP contribution in [0.25, 0.3) is 10.9 Å². The van der Waals surface area contributed by atoms with Crippen LogP contribution in [0, 0.1) is 20.8 Å². The molecule has 0 amide bonds. The third-order valence-electron chi connectivity index (χ3n) is 4.22. The van der Waals surface area contributed by atoms with Crippen LogP contribution in [-0.4, -0.2) is 4.98 Å². The number of fused-ring (bicyclic) bond motifs is 1. The zero-order valence-corrected chi connectivity index (χ0v) is 12.0. The van der Waals surface area contributed by atoms with Gasteiger partial charge in [-0.15, -0.1) is 0 Å². The number of aryl methyl sites for hydroxylation is 3. The van der Waals surface area contributed by atoms with Gasteiger partial charge in [-0.25, -0.2) is 0 Å². The molecule has 0 saturated carbocycles. The van der Waals surface area contributed by atoms with Gasteiger partial charge in [0.25, 0.3) is 0 Å². The summed E-state index contributed by atoms with van der Waals surface area (Å²) in [6.45, 7) is 6.49. The third kappa shape index (κ3) is 2.30. The minimum atomic E-state index is 0.655. The predicted octanol–water partition coefficient (Wildman–Crippen LogP) is 4.98. The van der Waals surface area contributed by atoms with E-state index < -0.39 is 0 Å². The van der Waals surface area contributed by atoms with Gasteiger partial charge in [-0.2, -0.15) is 0 Å². The molecule has 98 valence electrons. The van der Waals surface area contributed by atoms with Gasteiger partial charge in [0.2, 0.25) is 0 Å². The van der Waals surface area contributed by atoms with E-state index >= 15 is 0 Å². The van der Waals surface area contributed by atoms with E-state index in [4.69, 9.17) is 4.98 Å². The summed E-state index contributed by atoms with van der Waals surface area (Å²) in [5, 5.41) is 1.32. The Balaban J connectivity index is 2.15. The first-order valence-corrected chi connectivity index (χ1v) is 7.18. The second-order valence-corrected chi connectivity index (χ2v) is 5.79. The second-order valence-electron chi connectivity index (χ2n) is 5.79. The molecular formula is C18H21N. The zero-order chi connectivity index (χ0) is 13.4. The number of nitrogens with zero attached hydrogens (tertiary/aromatic N) is 1. The van der Waals surface area contributed by atoms with Crippen LogP contribution < -0.4 is 0 Å². The number of benzene rings is 1. The fourth-order valence-corrected chi connectivity index (χ4v) is 3.23. The molecule has 1 aliphatic rings. The molecule has 1 unspecified atom stereocenters. The summed E-state index contributed by atoms with van der Waals surface area (Å²) in [5.41, 5.74) is 6.44. The summed E-state index contributed by atoms with van der Waals surface area (Å²) in [6.07, 6.45) is 8.25. The number of aromatic nitrogens is 1. The number of hydrogen-bond acceptors (Lipinski definition) is 1. The lowest BCUT2D eigenvalue weighted by Crippen LogP contribution is -2.05. The van der Waals surface area contributed by atoms with Gasteiger partial charge >= 0.3 is 0 Å². The maximum atomic E-state index is 4.85. The van der Waals surface area contributed by atoms with Gasteiger partial charge < -0.3 is 0 Å². The van der Waals surface area contributed by atoms with Crippen molar-refractivity contribution in [1.29, 1.82) is 0 Å². The van der Waals surface area contributed by atoms with Crippen molar-refractivity contribution < 1.29 is 0 Å². The molecular weight excluding hydrogens is 230 g/mol. The molecule has 0 bridgehead atoms. The summed E-state index contributed by atoms with van der Waals surface area (Å²) in [4.78, 5) is 4.85. The van der Waals surface area contributed by atoms with Crippen LogP contribution in [-0.2, 0) is 0 Å². The fourth-order valence-electron chi connectivity index (χ4n) is 3.23. The Morgan fingerprint density at radius 3 is 2.63 bits per heavy atom. The Bertz CT molecular complexity index is 652. The first-order chi connectivity index (χ1) is 9.15. The quantitative estimate of drug-likeness (QED) is 0.651. The minimum absolute atomic E-state index is 0.655. The molecule has 0 radical (unpaired) electrons. The fraction of sp³-hybridized carbons (Fsp3) is 0.389. The zero-order valence-electron chi connectivity index (χ0n) is 12.0. The van der Waals surface area contributed by atoms with Crippen molar-refractivity contribution in [3.63, 3.8) is 0 Å². The van der Waals surface area contributed by atoms with Crippen molar-refractivity contribution in [3.05, 3.63) is 52.7 Å². The van der Waals surface area contributed by atoms with E-state index in [9.17, 15) is 0 Å². The van der Waals surface area contributed by atoms with Gasteiger partial charge in [0.05, 0.1) is 5.52 Å². The first-order valence-electron chi connectivity index (χ1n) is 7.18. The van der Waals surface area contributed by atoms with Crippen LogP contribution in [0.5, 0.6) is 0 Å². The number of rotatable bonds is 1. The molecule has 2 aromatic rings. The molecule has 0 aliphatic heterocycles. The third-order valence-corrected chi connectivity index (χ3v) is 4.22. The van der Waals surface area contributed by atoms with Crippen molar-refractivity contribution in [2.75, 3.05) is 0 Å². The highest BCUT2D eigenvalue weighted by molar-refractivity contribution is 5.83. The smallest absolute Gasteiger partial charge is 0.0710 e. The Morgan fingerprint density at radius 2 is 1.89 bits per heavy atom. The van der Waals surface area contributed by atoms with E-state index in [1.807, 2.05) is 0 Å². The number of allylic oxidation sites excluding steroid dienone is 2. The lowest BCUT2D eigenvalue weighted by atomic mass is 9.86. The molecule has 0 N–H and O–H groups in total. The maximum absolute atomic E-state index is 4.85. The molecule has 1 heterocycles. The summed E-state index contributed by atoms with van der Waals surface area (Å²) in [7, 11) is 0. The van der Waals surface area contributed by atoms with E-state index in [-0.39, 0.29) is 0 Å². The average molecular weight is 251 g/mol. The number of pyridine rings is 1. The molecule has 3 rings (SSSR count). The average Bonchev–Trinajstić information content (AvgIpc) is 2.38. The van der Waals surface area contributed by atoms with Crippen LogP contribution in [0.1, 0.15) is 47.6 Å². The normalized spacial score (nSPS) is 19.0. The highest BCUT2D eigenvalue weighted by Crippen LogP contribution is 2.33. The largest absolute Gasteiger partial charge is 0.253 e. The van der Waals surface area contributed by atoms with Gasteiger partial charge in [0.1, 0.15) is 0 Å². The first kappa shape index (κ1) is 12.4. The second kappa shape index (κ2) is 4.80. The van der Waals surface area contributed by atoms with Gasteiger partial charge in [-0.3, -0.25) is 4.98 Å². The molecule has 1 atom stereocenters. The summed E-state index contributed by atoms with van der Waals surface area (Å²) in [5.74, 6) is 0.655. The highest BCUT2D eigenvalue weighted by atomic mass is 14.7. The summed E-state index contributed by atoms with van der Waals surface area (Å²) in [6, 6.07) is 6.83. The lowest BCUT2D eigenvalue weighted by Gasteiger charge is -2.20. The standard InChI is InChI=1S/C18H21N/c1-12-9-13(2)16-11-17(14(3)19-18(16)10-12)15-7-5-4-6-8-15/h4-5,9-11,15H,6-8H2,1-3H3. The molecule has 1 nitrogen and oxygen atoms in total. The van der Waals surface area contributed by atoms with E-state index in [0.717, 1.165) is 5.52 Å². The van der Waals surface area contributed by atoms with Gasteiger partial charge in [0, 0.05) is 11.1 Å².